The first-order valence-corrected chi connectivity index (χ1v) is 4.45. The average Bonchev–Trinajstić information content (AvgIpc) is 2.03. The van der Waals surface area contributed by atoms with Gasteiger partial charge in [-0.1, -0.05) is 11.1 Å². The van der Waals surface area contributed by atoms with Gasteiger partial charge in [-0.2, -0.15) is 0 Å². The fourth-order valence-electron chi connectivity index (χ4n) is 1.69. The summed E-state index contributed by atoms with van der Waals surface area (Å²) in [6.45, 7) is 2.21. The van der Waals surface area contributed by atoms with Crippen LogP contribution in [0.25, 0.3) is 0 Å². The van der Waals surface area contributed by atoms with Crippen molar-refractivity contribution in [2.24, 2.45) is 0 Å². The lowest BCUT2D eigenvalue weighted by molar-refractivity contribution is -0.107. The van der Waals surface area contributed by atoms with E-state index in [-0.39, 0.29) is 0 Å². The molecule has 1 aliphatic carbocycles. The predicted octanol–water partition coefficient (Wildman–Crippen LogP) is 2.86. The minimum atomic E-state index is 0.715. The number of allylic oxidation sites excluding steroid dienone is 2. The molecule has 0 fully saturated rings. The molecule has 1 aliphatic rings. The highest BCUT2D eigenvalue weighted by atomic mass is 16.1. The summed E-state index contributed by atoms with van der Waals surface area (Å²) in [5, 5.41) is 0. The van der Waals surface area contributed by atoms with Crippen molar-refractivity contribution >= 4 is 6.29 Å². The second-order valence-electron chi connectivity index (χ2n) is 3.30. The number of carbonyl (C=O) groups excluding carboxylic acids is 1. The zero-order valence-corrected chi connectivity index (χ0v) is 7.23. The maximum Gasteiger partial charge on any atom is 0.120 e. The Kier molecular flexibility index (Phi) is 3.34. The predicted molar refractivity (Wildman–Crippen MR) is 46.5 cm³/mol. The molecule has 0 radical (unpaired) electrons. The van der Waals surface area contributed by atoms with Crippen molar-refractivity contribution in [3.8, 4) is 0 Å². The molecule has 11 heavy (non-hydrogen) atoms. The van der Waals surface area contributed by atoms with Gasteiger partial charge in [0, 0.05) is 6.42 Å². The zero-order chi connectivity index (χ0) is 8.10. The van der Waals surface area contributed by atoms with E-state index in [1.165, 1.54) is 31.3 Å². The van der Waals surface area contributed by atoms with Crippen molar-refractivity contribution in [3.05, 3.63) is 11.1 Å². The highest BCUT2D eigenvalue weighted by molar-refractivity contribution is 5.50. The van der Waals surface area contributed by atoms with E-state index >= 15 is 0 Å². The maximum atomic E-state index is 10.1. The molecule has 0 aromatic heterocycles. The Morgan fingerprint density at radius 2 is 2.09 bits per heavy atom. The third-order valence-electron chi connectivity index (χ3n) is 2.45. The first kappa shape index (κ1) is 8.51. The molecule has 0 spiro atoms. The summed E-state index contributed by atoms with van der Waals surface area (Å²) in [5.74, 6) is 0. The lowest BCUT2D eigenvalue weighted by Gasteiger charge is -2.16. The van der Waals surface area contributed by atoms with E-state index in [0.717, 1.165) is 12.7 Å². The van der Waals surface area contributed by atoms with Crippen LogP contribution in [0.3, 0.4) is 0 Å². The van der Waals surface area contributed by atoms with Crippen molar-refractivity contribution in [1.29, 1.82) is 0 Å². The smallest absolute Gasteiger partial charge is 0.120 e. The third-order valence-corrected chi connectivity index (χ3v) is 2.45. The molecule has 0 saturated heterocycles. The highest BCUT2D eigenvalue weighted by Crippen LogP contribution is 2.26. The van der Waals surface area contributed by atoms with Gasteiger partial charge < -0.3 is 4.79 Å². The Hall–Kier alpha value is -0.590. The van der Waals surface area contributed by atoms with Crippen LogP contribution in [0.1, 0.15) is 45.4 Å². The molecule has 0 aliphatic heterocycles. The van der Waals surface area contributed by atoms with Crippen molar-refractivity contribution < 1.29 is 4.79 Å². The van der Waals surface area contributed by atoms with Crippen LogP contribution in [0.5, 0.6) is 0 Å². The summed E-state index contributed by atoms with van der Waals surface area (Å²) < 4.78 is 0. The zero-order valence-electron chi connectivity index (χ0n) is 7.23. The van der Waals surface area contributed by atoms with Gasteiger partial charge in [0.25, 0.3) is 0 Å². The number of carbonyl (C=O) groups is 1. The van der Waals surface area contributed by atoms with Crippen molar-refractivity contribution in [2.45, 2.75) is 45.4 Å². The molecular weight excluding hydrogens is 136 g/mol. The molecule has 1 rings (SSSR count). The van der Waals surface area contributed by atoms with Gasteiger partial charge in [0.1, 0.15) is 6.29 Å². The van der Waals surface area contributed by atoms with Gasteiger partial charge >= 0.3 is 0 Å². The van der Waals surface area contributed by atoms with Gasteiger partial charge in [0.05, 0.1) is 0 Å². The van der Waals surface area contributed by atoms with Gasteiger partial charge in [0.2, 0.25) is 0 Å². The van der Waals surface area contributed by atoms with Crippen LogP contribution >= 0.6 is 0 Å². The van der Waals surface area contributed by atoms with E-state index in [0.29, 0.717) is 6.42 Å². The minimum Gasteiger partial charge on any atom is -0.303 e. The summed E-state index contributed by atoms with van der Waals surface area (Å²) in [5.41, 5.74) is 3.08. The van der Waals surface area contributed by atoms with Crippen LogP contribution in [-0.2, 0) is 4.79 Å². The Morgan fingerprint density at radius 3 is 2.73 bits per heavy atom. The fraction of sp³-hybridized carbons (Fsp3) is 0.700. The quantitative estimate of drug-likeness (QED) is 0.449. The summed E-state index contributed by atoms with van der Waals surface area (Å²) in [6.07, 6.45) is 7.91. The molecule has 0 bridgehead atoms. The van der Waals surface area contributed by atoms with E-state index in [1.807, 2.05) is 0 Å². The molecule has 0 saturated carbocycles. The first-order chi connectivity index (χ1) is 5.34. The topological polar surface area (TPSA) is 17.1 Å². The summed E-state index contributed by atoms with van der Waals surface area (Å²) >= 11 is 0. The normalized spacial score (nSPS) is 18.6. The van der Waals surface area contributed by atoms with E-state index < -0.39 is 0 Å². The van der Waals surface area contributed by atoms with E-state index in [4.69, 9.17) is 0 Å². The Balaban J connectivity index is 2.45. The Bertz CT molecular complexity index is 168. The fourth-order valence-corrected chi connectivity index (χ4v) is 1.69. The molecule has 0 N–H and O–H groups in total. The van der Waals surface area contributed by atoms with Crippen molar-refractivity contribution in [3.63, 3.8) is 0 Å². The molecule has 1 heteroatoms. The molecule has 62 valence electrons. The molecule has 0 amide bonds. The van der Waals surface area contributed by atoms with Gasteiger partial charge in [0.15, 0.2) is 0 Å². The van der Waals surface area contributed by atoms with E-state index in [9.17, 15) is 4.79 Å². The van der Waals surface area contributed by atoms with E-state index in [1.54, 1.807) is 5.57 Å². The number of hydrogen-bond acceptors (Lipinski definition) is 1. The maximum absolute atomic E-state index is 10.1. The van der Waals surface area contributed by atoms with Gasteiger partial charge in [-0.3, -0.25) is 0 Å². The molecule has 0 unspecified atom stereocenters. The lowest BCUT2D eigenvalue weighted by atomic mass is 9.90. The van der Waals surface area contributed by atoms with Crippen LogP contribution in [0.15, 0.2) is 11.1 Å². The molecule has 0 heterocycles. The van der Waals surface area contributed by atoms with Crippen molar-refractivity contribution in [1.82, 2.24) is 0 Å². The number of hydrogen-bond donors (Lipinski definition) is 0. The van der Waals surface area contributed by atoms with Crippen LogP contribution in [0, 0.1) is 0 Å². The first-order valence-electron chi connectivity index (χ1n) is 4.45. The number of rotatable bonds is 3. The summed E-state index contributed by atoms with van der Waals surface area (Å²) in [7, 11) is 0. The molecule has 0 aromatic rings. The molecule has 0 atom stereocenters. The molecule has 1 nitrogen and oxygen atoms in total. The SMILES string of the molecule is CC1=C(CCC=O)CCCC1. The van der Waals surface area contributed by atoms with Crippen LogP contribution in [-0.4, -0.2) is 6.29 Å². The third kappa shape index (κ3) is 2.49. The van der Waals surface area contributed by atoms with Crippen LogP contribution < -0.4 is 0 Å². The number of aldehydes is 1. The Morgan fingerprint density at radius 1 is 1.36 bits per heavy atom. The summed E-state index contributed by atoms with van der Waals surface area (Å²) in [4.78, 5) is 10.1. The lowest BCUT2D eigenvalue weighted by Crippen LogP contribution is -1.97. The van der Waals surface area contributed by atoms with Gasteiger partial charge in [-0.25, -0.2) is 0 Å². The monoisotopic (exact) mass is 152 g/mol. The standard InChI is InChI=1S/C10H16O/c1-9-5-2-3-6-10(9)7-4-8-11/h8H,2-7H2,1H3. The minimum absolute atomic E-state index is 0.715. The second kappa shape index (κ2) is 4.32. The van der Waals surface area contributed by atoms with Crippen molar-refractivity contribution in [2.75, 3.05) is 0 Å². The largest absolute Gasteiger partial charge is 0.303 e. The summed E-state index contributed by atoms with van der Waals surface area (Å²) in [6, 6.07) is 0. The second-order valence-corrected chi connectivity index (χ2v) is 3.30. The van der Waals surface area contributed by atoms with Crippen LogP contribution in [0.2, 0.25) is 0 Å². The van der Waals surface area contributed by atoms with Gasteiger partial charge in [-0.15, -0.1) is 0 Å². The van der Waals surface area contributed by atoms with Crippen LogP contribution in [0.4, 0.5) is 0 Å². The van der Waals surface area contributed by atoms with Gasteiger partial charge in [-0.05, 0) is 39.0 Å². The molecular formula is C10H16O. The molecule has 0 aromatic carbocycles. The Labute approximate surface area is 68.5 Å². The van der Waals surface area contributed by atoms with E-state index in [2.05, 4.69) is 6.92 Å². The average molecular weight is 152 g/mol. The highest BCUT2D eigenvalue weighted by Gasteiger charge is 2.07.